The number of aryl methyl sites for hydroxylation is 2. The first-order chi connectivity index (χ1) is 13.1. The van der Waals surface area contributed by atoms with E-state index in [0.29, 0.717) is 12.6 Å². The molecule has 0 amide bonds. The summed E-state index contributed by atoms with van der Waals surface area (Å²) in [5.41, 5.74) is 2.50. The maximum atomic E-state index is 4.79. The van der Waals surface area contributed by atoms with E-state index in [-0.39, 0.29) is 0 Å². The summed E-state index contributed by atoms with van der Waals surface area (Å²) in [6.45, 7) is 11.1. The predicted molar refractivity (Wildman–Crippen MR) is 114 cm³/mol. The Bertz CT molecular complexity index is 732. The molecule has 1 aromatic heterocycles. The Morgan fingerprint density at radius 1 is 1.22 bits per heavy atom. The number of aliphatic imine (C=N–C) groups is 1. The van der Waals surface area contributed by atoms with Crippen LogP contribution in [0, 0.1) is 13.8 Å². The molecule has 1 aliphatic heterocycles. The normalized spacial score (nSPS) is 16.5. The summed E-state index contributed by atoms with van der Waals surface area (Å²) in [6, 6.07) is 11.2. The van der Waals surface area contributed by atoms with E-state index < -0.39 is 0 Å². The van der Waals surface area contributed by atoms with E-state index >= 15 is 0 Å². The maximum Gasteiger partial charge on any atom is 0.191 e. The highest BCUT2D eigenvalue weighted by molar-refractivity contribution is 7.11. The van der Waals surface area contributed by atoms with Gasteiger partial charge in [-0.25, -0.2) is 9.98 Å². The van der Waals surface area contributed by atoms with Gasteiger partial charge in [0.25, 0.3) is 0 Å². The minimum Gasteiger partial charge on any atom is -0.357 e. The smallest absolute Gasteiger partial charge is 0.191 e. The van der Waals surface area contributed by atoms with Gasteiger partial charge in [0.05, 0.1) is 17.2 Å². The quantitative estimate of drug-likeness (QED) is 0.590. The number of piperidine rings is 1. The summed E-state index contributed by atoms with van der Waals surface area (Å²) >= 11 is 1.74. The van der Waals surface area contributed by atoms with Crippen LogP contribution in [0.5, 0.6) is 0 Å². The Morgan fingerprint density at radius 3 is 2.59 bits per heavy atom. The van der Waals surface area contributed by atoms with Gasteiger partial charge < -0.3 is 10.6 Å². The summed E-state index contributed by atoms with van der Waals surface area (Å²) in [7, 11) is 0. The van der Waals surface area contributed by atoms with Gasteiger partial charge in [-0.3, -0.25) is 4.90 Å². The number of benzene rings is 1. The lowest BCUT2D eigenvalue weighted by Gasteiger charge is -2.33. The molecule has 2 N–H and O–H groups in total. The van der Waals surface area contributed by atoms with Gasteiger partial charge in [0.15, 0.2) is 5.96 Å². The van der Waals surface area contributed by atoms with Gasteiger partial charge >= 0.3 is 0 Å². The largest absolute Gasteiger partial charge is 0.357 e. The third-order valence-electron chi connectivity index (χ3n) is 4.90. The Kier molecular flexibility index (Phi) is 7.24. The average molecular weight is 386 g/mol. The maximum absolute atomic E-state index is 4.79. The van der Waals surface area contributed by atoms with Crippen LogP contribution in [0.25, 0.3) is 0 Å². The number of likely N-dealkylation sites (tertiary alicyclic amines) is 1. The lowest BCUT2D eigenvalue weighted by Crippen LogP contribution is -2.48. The van der Waals surface area contributed by atoms with Gasteiger partial charge in [-0.1, -0.05) is 30.3 Å². The van der Waals surface area contributed by atoms with E-state index in [1.165, 1.54) is 10.4 Å². The molecule has 1 aliphatic rings. The highest BCUT2D eigenvalue weighted by Gasteiger charge is 2.20. The molecule has 2 aromatic rings. The van der Waals surface area contributed by atoms with Gasteiger partial charge in [0.2, 0.25) is 0 Å². The van der Waals surface area contributed by atoms with E-state index in [1.807, 2.05) is 0 Å². The minimum absolute atomic E-state index is 0.485. The fourth-order valence-electron chi connectivity index (χ4n) is 3.46. The van der Waals surface area contributed by atoms with Crippen LogP contribution < -0.4 is 10.6 Å². The van der Waals surface area contributed by atoms with Crippen LogP contribution in [-0.2, 0) is 13.1 Å². The van der Waals surface area contributed by atoms with Crippen molar-refractivity contribution in [1.82, 2.24) is 20.5 Å². The van der Waals surface area contributed by atoms with Crippen molar-refractivity contribution in [1.29, 1.82) is 0 Å². The first kappa shape index (κ1) is 19.8. The Morgan fingerprint density at radius 2 is 1.96 bits per heavy atom. The second-order valence-electron chi connectivity index (χ2n) is 7.12. The van der Waals surface area contributed by atoms with Crippen molar-refractivity contribution in [3.05, 3.63) is 51.5 Å². The lowest BCUT2D eigenvalue weighted by atomic mass is 10.0. The van der Waals surface area contributed by atoms with Crippen LogP contribution in [0.4, 0.5) is 0 Å². The fourth-order valence-corrected chi connectivity index (χ4v) is 4.32. The molecule has 0 saturated carbocycles. The number of guanidine groups is 1. The van der Waals surface area contributed by atoms with E-state index in [1.54, 1.807) is 11.3 Å². The highest BCUT2D eigenvalue weighted by atomic mass is 32.1. The van der Waals surface area contributed by atoms with Crippen molar-refractivity contribution < 1.29 is 0 Å². The summed E-state index contributed by atoms with van der Waals surface area (Å²) in [4.78, 5) is 13.1. The van der Waals surface area contributed by atoms with E-state index in [4.69, 9.17) is 4.99 Å². The van der Waals surface area contributed by atoms with Crippen molar-refractivity contribution in [2.45, 2.75) is 52.7 Å². The molecule has 2 heterocycles. The third-order valence-corrected chi connectivity index (χ3v) is 5.96. The van der Waals surface area contributed by atoms with Gasteiger partial charge in [-0.15, -0.1) is 11.3 Å². The Labute approximate surface area is 166 Å². The average Bonchev–Trinajstić information content (AvgIpc) is 2.99. The van der Waals surface area contributed by atoms with Crippen molar-refractivity contribution in [3.63, 3.8) is 0 Å². The number of nitrogens with zero attached hydrogens (tertiary/aromatic N) is 3. The van der Waals surface area contributed by atoms with Crippen LogP contribution in [0.2, 0.25) is 0 Å². The predicted octanol–water partition coefficient (Wildman–Crippen LogP) is 3.48. The molecule has 1 saturated heterocycles. The molecular weight excluding hydrogens is 354 g/mol. The zero-order valence-electron chi connectivity index (χ0n) is 16.7. The molecule has 27 heavy (non-hydrogen) atoms. The van der Waals surface area contributed by atoms with Crippen LogP contribution >= 0.6 is 11.3 Å². The lowest BCUT2D eigenvalue weighted by molar-refractivity contribution is 0.198. The van der Waals surface area contributed by atoms with Crippen LogP contribution in [0.3, 0.4) is 0 Å². The third kappa shape index (κ3) is 6.04. The molecule has 146 valence electrons. The molecular formula is C21H31N5S. The Balaban J connectivity index is 1.50. The van der Waals surface area contributed by atoms with Gasteiger partial charge in [-0.2, -0.15) is 0 Å². The van der Waals surface area contributed by atoms with Crippen LogP contribution in [0.1, 0.15) is 40.9 Å². The molecule has 0 aliphatic carbocycles. The van der Waals surface area contributed by atoms with E-state index in [0.717, 1.165) is 55.7 Å². The number of hydrogen-bond donors (Lipinski definition) is 2. The molecule has 0 atom stereocenters. The molecule has 1 fully saturated rings. The second kappa shape index (κ2) is 9.85. The first-order valence-corrected chi connectivity index (χ1v) is 10.7. The van der Waals surface area contributed by atoms with Crippen LogP contribution in [-0.4, -0.2) is 41.5 Å². The molecule has 0 unspecified atom stereocenters. The first-order valence-electron chi connectivity index (χ1n) is 9.88. The molecule has 5 nitrogen and oxygen atoms in total. The number of hydrogen-bond acceptors (Lipinski definition) is 4. The molecule has 0 spiro atoms. The van der Waals surface area contributed by atoms with Crippen molar-refractivity contribution in [2.24, 2.45) is 4.99 Å². The van der Waals surface area contributed by atoms with Crippen LogP contribution in [0.15, 0.2) is 35.3 Å². The SMILES string of the molecule is CCNC(=NCc1sc(C)nc1C)NC1CCN(Cc2ccccc2)CC1. The zero-order chi connectivity index (χ0) is 19.1. The monoisotopic (exact) mass is 385 g/mol. The summed E-state index contributed by atoms with van der Waals surface area (Å²) in [6.07, 6.45) is 2.30. The fraction of sp³-hybridized carbons (Fsp3) is 0.524. The molecule has 6 heteroatoms. The molecule has 3 rings (SSSR count). The molecule has 0 radical (unpaired) electrons. The molecule has 1 aromatic carbocycles. The van der Waals surface area contributed by atoms with E-state index in [2.05, 4.69) is 71.6 Å². The van der Waals surface area contributed by atoms with Crippen molar-refractivity contribution in [3.8, 4) is 0 Å². The van der Waals surface area contributed by atoms with Crippen molar-refractivity contribution in [2.75, 3.05) is 19.6 Å². The van der Waals surface area contributed by atoms with Gasteiger partial charge in [-0.05, 0) is 39.2 Å². The van der Waals surface area contributed by atoms with Gasteiger partial charge in [0, 0.05) is 37.1 Å². The van der Waals surface area contributed by atoms with Crippen molar-refractivity contribution >= 4 is 17.3 Å². The summed E-state index contributed by atoms with van der Waals surface area (Å²) in [5, 5.41) is 8.13. The van der Waals surface area contributed by atoms with E-state index in [9.17, 15) is 0 Å². The number of aromatic nitrogens is 1. The number of thiazole rings is 1. The second-order valence-corrected chi connectivity index (χ2v) is 8.40. The summed E-state index contributed by atoms with van der Waals surface area (Å²) < 4.78 is 0. The Hall–Kier alpha value is -1.92. The number of rotatable bonds is 6. The zero-order valence-corrected chi connectivity index (χ0v) is 17.5. The topological polar surface area (TPSA) is 52.6 Å². The van der Waals surface area contributed by atoms with Gasteiger partial charge in [0.1, 0.15) is 0 Å². The number of nitrogens with one attached hydrogen (secondary N) is 2. The summed E-state index contributed by atoms with van der Waals surface area (Å²) in [5.74, 6) is 0.921. The highest BCUT2D eigenvalue weighted by Crippen LogP contribution is 2.18. The standard InChI is InChI=1S/C21H31N5S/c1-4-22-21(23-14-20-16(2)24-17(3)27-20)25-19-10-12-26(13-11-19)15-18-8-6-5-7-9-18/h5-9,19H,4,10-15H2,1-3H3,(H2,22,23,25). The molecule has 0 bridgehead atoms. The minimum atomic E-state index is 0.485.